The average Bonchev–Trinajstić information content (AvgIpc) is 3.27. The molecule has 0 aromatic heterocycles. The number of benzene rings is 2. The number of sulfonamides is 1. The van der Waals surface area contributed by atoms with E-state index in [1.54, 1.807) is 13.8 Å². The Kier molecular flexibility index (Phi) is 11.8. The number of thioether (sulfide) groups is 1. The van der Waals surface area contributed by atoms with Crippen LogP contribution in [0.5, 0.6) is 0 Å². The SMILES string of the molecule is CCN(C(=O)OC(C)OC(=O)[C@H](C)OC(C)=O)[C@H]1C=C(S(=O)(=O)N[Si](c2ccccc2)(c2ccccc2)C(C)(C)C)SC2=C1C[C@H](C)S2(=O)=O. The van der Waals surface area contributed by atoms with Gasteiger partial charge in [-0.05, 0) is 54.3 Å². The van der Waals surface area contributed by atoms with Gasteiger partial charge in [0.25, 0.3) is 0 Å². The zero-order valence-electron chi connectivity index (χ0n) is 29.3. The quantitative estimate of drug-likeness (QED) is 0.199. The lowest BCUT2D eigenvalue weighted by molar-refractivity contribution is -0.181. The topological polar surface area (TPSA) is 162 Å². The monoisotopic (exact) mass is 764 g/mol. The van der Waals surface area contributed by atoms with Crippen LogP contribution >= 0.6 is 11.8 Å². The highest BCUT2D eigenvalue weighted by Gasteiger charge is 2.53. The van der Waals surface area contributed by atoms with Gasteiger partial charge < -0.3 is 14.2 Å². The Morgan fingerprint density at radius 2 is 1.52 bits per heavy atom. The predicted octanol–water partition coefficient (Wildman–Crippen LogP) is 4.14. The molecule has 1 amide bonds. The number of nitrogens with zero attached hydrogens (tertiary/aromatic N) is 1. The Bertz CT molecular complexity index is 1850. The first-order valence-corrected chi connectivity index (χ1v) is 22.0. The van der Waals surface area contributed by atoms with Crippen LogP contribution in [0.2, 0.25) is 5.04 Å². The molecule has 2 aromatic carbocycles. The lowest BCUT2D eigenvalue weighted by Crippen LogP contribution is -2.74. The van der Waals surface area contributed by atoms with Gasteiger partial charge in [0.05, 0.1) is 11.3 Å². The summed E-state index contributed by atoms with van der Waals surface area (Å²) >= 11 is 0.670. The van der Waals surface area contributed by atoms with Gasteiger partial charge >= 0.3 is 18.0 Å². The lowest BCUT2D eigenvalue weighted by atomic mass is 10.0. The lowest BCUT2D eigenvalue weighted by Gasteiger charge is -2.44. The molecule has 1 N–H and O–H groups in total. The van der Waals surface area contributed by atoms with Crippen molar-refractivity contribution >= 4 is 68.3 Å². The van der Waals surface area contributed by atoms with Crippen LogP contribution in [0.25, 0.3) is 0 Å². The van der Waals surface area contributed by atoms with E-state index < -0.39 is 74.9 Å². The van der Waals surface area contributed by atoms with Gasteiger partial charge in [0.2, 0.25) is 24.5 Å². The second-order valence-electron chi connectivity index (χ2n) is 13.2. The number of amides is 1. The largest absolute Gasteiger partial charge is 0.451 e. The second-order valence-corrected chi connectivity index (χ2v) is 23.5. The van der Waals surface area contributed by atoms with Gasteiger partial charge in [0.15, 0.2) is 15.9 Å². The van der Waals surface area contributed by atoms with E-state index in [9.17, 15) is 31.2 Å². The number of ether oxygens (including phenoxy) is 3. The smallest absolute Gasteiger partial charge is 0.413 e. The van der Waals surface area contributed by atoms with Crippen LogP contribution in [-0.4, -0.2) is 78.2 Å². The molecule has 0 saturated heterocycles. The van der Waals surface area contributed by atoms with E-state index in [-0.39, 0.29) is 21.4 Å². The molecular formula is C34H44N2O10S3Si. The Labute approximate surface area is 299 Å². The first-order chi connectivity index (χ1) is 23.3. The summed E-state index contributed by atoms with van der Waals surface area (Å²) in [4.78, 5) is 38.4. The summed E-state index contributed by atoms with van der Waals surface area (Å²) in [5.74, 6) is -1.64. The standard InChI is InChI=1S/C34H44N2O10S3Si/c1-9-36(33(39)46-25(5)45-31(38)23(3)44-24(4)37)29-21-30(47-32-28(29)20-22(2)48(32,40)41)49(42,43)35-50(34(6,7)8,26-16-12-10-13-17-26)27-18-14-11-15-19-27/h10-19,21-23,25,29,35H,9,20H2,1-8H3/t22-,23-,25?,29-/m0/s1. The molecular weight excluding hydrogens is 721 g/mol. The number of esters is 2. The van der Waals surface area contributed by atoms with Crippen LogP contribution in [0.4, 0.5) is 4.79 Å². The Hall–Kier alpha value is -3.44. The maximum absolute atomic E-state index is 14.7. The fourth-order valence-corrected chi connectivity index (χ4v) is 18.6. The van der Waals surface area contributed by atoms with E-state index in [4.69, 9.17) is 14.2 Å². The fraction of sp³-hybridized carbons (Fsp3) is 0.441. The van der Waals surface area contributed by atoms with Crippen molar-refractivity contribution in [1.82, 2.24) is 9.29 Å². The Morgan fingerprint density at radius 1 is 0.980 bits per heavy atom. The highest BCUT2D eigenvalue weighted by atomic mass is 32.3. The highest BCUT2D eigenvalue weighted by molar-refractivity contribution is 8.28. The van der Waals surface area contributed by atoms with E-state index in [1.165, 1.54) is 24.8 Å². The van der Waals surface area contributed by atoms with Gasteiger partial charge in [-0.3, -0.25) is 9.69 Å². The number of nitrogens with one attached hydrogen (secondary N) is 1. The molecule has 2 aliphatic rings. The molecule has 0 fully saturated rings. The van der Waals surface area contributed by atoms with Gasteiger partial charge in [-0.1, -0.05) is 93.2 Å². The molecule has 2 aliphatic heterocycles. The molecule has 16 heteroatoms. The normalized spacial score (nSPS) is 20.2. The number of hydrogen-bond acceptors (Lipinski definition) is 11. The third-order valence-corrected chi connectivity index (χ3v) is 20.9. The minimum absolute atomic E-state index is 0.00411. The molecule has 0 bridgehead atoms. The van der Waals surface area contributed by atoms with E-state index in [0.717, 1.165) is 17.3 Å². The summed E-state index contributed by atoms with van der Waals surface area (Å²) in [5, 5.41) is 0.167. The Morgan fingerprint density at radius 3 is 2.00 bits per heavy atom. The van der Waals surface area contributed by atoms with E-state index >= 15 is 0 Å². The van der Waals surface area contributed by atoms with Gasteiger partial charge in [-0.15, -0.1) is 0 Å². The van der Waals surface area contributed by atoms with Gasteiger partial charge in [-0.25, -0.2) is 30.8 Å². The molecule has 0 radical (unpaired) electrons. The third kappa shape index (κ3) is 7.88. The summed E-state index contributed by atoms with van der Waals surface area (Å²) in [6.45, 7) is 12.8. The molecule has 272 valence electrons. The second kappa shape index (κ2) is 15.0. The van der Waals surface area contributed by atoms with Gasteiger partial charge in [0, 0.05) is 20.4 Å². The van der Waals surface area contributed by atoms with Crippen LogP contribution in [0.3, 0.4) is 0 Å². The van der Waals surface area contributed by atoms with Crippen molar-refractivity contribution in [2.45, 2.75) is 90.5 Å². The van der Waals surface area contributed by atoms with E-state index in [2.05, 4.69) is 4.39 Å². The third-order valence-electron chi connectivity index (χ3n) is 8.63. The van der Waals surface area contributed by atoms with Crippen molar-refractivity contribution in [3.05, 3.63) is 80.8 Å². The van der Waals surface area contributed by atoms with Crippen LogP contribution in [0.1, 0.15) is 61.8 Å². The van der Waals surface area contributed by atoms with E-state index in [1.807, 2.05) is 81.4 Å². The molecule has 4 rings (SSSR count). The molecule has 0 aliphatic carbocycles. The molecule has 50 heavy (non-hydrogen) atoms. The number of likely N-dealkylation sites (N-methyl/N-ethyl adjacent to an activating group) is 1. The highest BCUT2D eigenvalue weighted by Crippen LogP contribution is 2.49. The minimum Gasteiger partial charge on any atom is -0.451 e. The molecule has 0 spiro atoms. The predicted molar refractivity (Wildman–Crippen MR) is 195 cm³/mol. The summed E-state index contributed by atoms with van der Waals surface area (Å²) < 4.78 is 74.8. The number of rotatable bonds is 11. The molecule has 2 aromatic rings. The molecule has 0 saturated carbocycles. The summed E-state index contributed by atoms with van der Waals surface area (Å²) in [6.07, 6.45) is -2.16. The molecule has 4 atom stereocenters. The Balaban J connectivity index is 1.78. The van der Waals surface area contributed by atoms with Crippen LogP contribution in [0, 0.1) is 0 Å². The summed E-state index contributed by atoms with van der Waals surface area (Å²) in [6, 6.07) is 17.6. The first-order valence-electron chi connectivity index (χ1n) is 16.1. The van der Waals surface area contributed by atoms with Gasteiger partial charge in [0.1, 0.15) is 8.47 Å². The molecule has 2 heterocycles. The summed E-state index contributed by atoms with van der Waals surface area (Å²) in [5.41, 5.74) is 0.374. The number of carbonyl (C=O) groups is 3. The number of hydrogen-bond donors (Lipinski definition) is 1. The zero-order valence-corrected chi connectivity index (χ0v) is 32.8. The maximum atomic E-state index is 14.7. The van der Waals surface area contributed by atoms with Crippen LogP contribution in [0.15, 0.2) is 80.8 Å². The van der Waals surface area contributed by atoms with Gasteiger partial charge in [-0.2, -0.15) is 0 Å². The van der Waals surface area contributed by atoms with E-state index in [0.29, 0.717) is 17.3 Å². The number of sulfone groups is 1. The number of carbonyl (C=O) groups excluding carboxylic acids is 3. The average molecular weight is 765 g/mol. The van der Waals surface area contributed by atoms with Crippen molar-refractivity contribution in [3.63, 3.8) is 0 Å². The fourth-order valence-electron chi connectivity index (χ4n) is 6.17. The van der Waals surface area contributed by atoms with Crippen molar-refractivity contribution < 1.29 is 45.4 Å². The maximum Gasteiger partial charge on any atom is 0.413 e. The summed E-state index contributed by atoms with van der Waals surface area (Å²) in [7, 11) is -11.8. The van der Waals surface area contributed by atoms with Crippen molar-refractivity contribution in [2.75, 3.05) is 6.54 Å². The van der Waals surface area contributed by atoms with Crippen molar-refractivity contribution in [1.29, 1.82) is 0 Å². The molecule has 12 nitrogen and oxygen atoms in total. The zero-order chi connectivity index (χ0) is 37.2. The van der Waals surface area contributed by atoms with Crippen LogP contribution < -0.4 is 14.8 Å². The van der Waals surface area contributed by atoms with Crippen molar-refractivity contribution in [2.24, 2.45) is 0 Å². The first kappa shape index (κ1) is 39.3. The molecule has 1 unspecified atom stereocenters. The van der Waals surface area contributed by atoms with Crippen molar-refractivity contribution in [3.8, 4) is 0 Å². The minimum atomic E-state index is -4.44. The van der Waals surface area contributed by atoms with Crippen LogP contribution in [-0.2, 0) is 43.7 Å².